The fourth-order valence-electron chi connectivity index (χ4n) is 1.18. The highest BCUT2D eigenvalue weighted by Gasteiger charge is 2.15. The molecule has 2 aromatic rings. The first-order chi connectivity index (χ1) is 8.58. The van der Waals surface area contributed by atoms with Crippen molar-refractivity contribution in [1.29, 1.82) is 0 Å². The largest absolute Gasteiger partial charge is 0.288 e. The summed E-state index contributed by atoms with van der Waals surface area (Å²) in [6, 6.07) is 2.55. The van der Waals surface area contributed by atoms with Crippen LogP contribution in [-0.4, -0.2) is 26.0 Å². The van der Waals surface area contributed by atoms with Crippen LogP contribution in [0, 0.1) is 10.1 Å². The summed E-state index contributed by atoms with van der Waals surface area (Å²) in [6.07, 6.45) is 4.10. The topological polar surface area (TPSA) is 86.2 Å². The van der Waals surface area contributed by atoms with E-state index in [0.717, 1.165) is 0 Å². The number of nitro benzene ring substituents is 1. The molecule has 0 aliphatic rings. The lowest BCUT2D eigenvalue weighted by Crippen LogP contribution is -1.94. The molecule has 0 radical (unpaired) electrons. The lowest BCUT2D eigenvalue weighted by molar-refractivity contribution is -0.384. The van der Waals surface area contributed by atoms with Crippen molar-refractivity contribution < 1.29 is 4.92 Å². The minimum atomic E-state index is -0.589. The minimum absolute atomic E-state index is 0.0218. The van der Waals surface area contributed by atoms with Crippen LogP contribution in [0.3, 0.4) is 0 Å². The van der Waals surface area contributed by atoms with Crippen molar-refractivity contribution in [3.8, 4) is 0 Å². The molecule has 7 nitrogen and oxygen atoms in total. The van der Waals surface area contributed by atoms with Gasteiger partial charge in [0.2, 0.25) is 0 Å². The average Bonchev–Trinajstić information content (AvgIpc) is 2.80. The molecule has 9 heteroatoms. The minimum Gasteiger partial charge on any atom is -0.258 e. The van der Waals surface area contributed by atoms with E-state index >= 15 is 0 Å². The van der Waals surface area contributed by atoms with E-state index in [0.29, 0.717) is 5.56 Å². The zero-order valence-electron chi connectivity index (χ0n) is 8.70. The lowest BCUT2D eigenvalue weighted by atomic mass is 10.2. The van der Waals surface area contributed by atoms with Crippen LogP contribution in [0.15, 0.2) is 29.9 Å². The summed E-state index contributed by atoms with van der Waals surface area (Å²) in [6.45, 7) is 0. The highest BCUT2D eigenvalue weighted by atomic mass is 35.5. The zero-order chi connectivity index (χ0) is 13.1. The monoisotopic (exact) mass is 285 g/mol. The number of benzene rings is 1. The molecule has 0 fully saturated rings. The third-order valence-electron chi connectivity index (χ3n) is 2.00. The quantitative estimate of drug-likeness (QED) is 0.492. The van der Waals surface area contributed by atoms with Gasteiger partial charge in [0.1, 0.15) is 17.7 Å². The molecular weight excluding hydrogens is 281 g/mol. The second-order valence-corrected chi connectivity index (χ2v) is 3.98. The zero-order valence-corrected chi connectivity index (χ0v) is 10.2. The summed E-state index contributed by atoms with van der Waals surface area (Å²) in [4.78, 5) is 10.1. The van der Waals surface area contributed by atoms with Crippen LogP contribution in [0.4, 0.5) is 5.69 Å². The molecule has 0 bridgehead atoms. The Bertz CT molecular complexity index is 612. The van der Waals surface area contributed by atoms with E-state index in [1.807, 2.05) is 0 Å². The van der Waals surface area contributed by atoms with Crippen LogP contribution in [0.2, 0.25) is 10.0 Å². The molecule has 0 unspecified atom stereocenters. The fraction of sp³-hybridized carbons (Fsp3) is 0. The number of hydrogen-bond acceptors (Lipinski definition) is 5. The number of halogens is 2. The molecule has 18 heavy (non-hydrogen) atoms. The van der Waals surface area contributed by atoms with Crippen molar-refractivity contribution in [2.75, 3.05) is 0 Å². The average molecular weight is 286 g/mol. The SMILES string of the molecule is O=[N+]([O-])c1cc(C=Nn2cnnc2)c(Cl)cc1Cl. The van der Waals surface area contributed by atoms with Gasteiger partial charge >= 0.3 is 0 Å². The van der Waals surface area contributed by atoms with Gasteiger partial charge in [0, 0.05) is 11.6 Å². The molecule has 0 spiro atoms. The number of hydrogen-bond donors (Lipinski definition) is 0. The summed E-state index contributed by atoms with van der Waals surface area (Å²) in [7, 11) is 0. The maximum Gasteiger partial charge on any atom is 0.288 e. The molecule has 2 rings (SSSR count). The van der Waals surface area contributed by atoms with Gasteiger partial charge in [-0.1, -0.05) is 23.2 Å². The summed E-state index contributed by atoms with van der Waals surface area (Å²) in [5, 5.41) is 22.0. The molecule has 92 valence electrons. The molecule has 1 aromatic heterocycles. The fourth-order valence-corrected chi connectivity index (χ4v) is 1.68. The molecular formula is C9H5Cl2N5O2. The maximum atomic E-state index is 10.7. The Balaban J connectivity index is 2.39. The van der Waals surface area contributed by atoms with Crippen LogP contribution in [0.25, 0.3) is 0 Å². The predicted octanol–water partition coefficient (Wildman–Crippen LogP) is 2.38. The van der Waals surface area contributed by atoms with Crippen molar-refractivity contribution in [3.63, 3.8) is 0 Å². The van der Waals surface area contributed by atoms with E-state index in [9.17, 15) is 10.1 Å². The molecule has 0 N–H and O–H groups in total. The summed E-state index contributed by atoms with van der Waals surface area (Å²) < 4.78 is 1.33. The van der Waals surface area contributed by atoms with Crippen LogP contribution >= 0.6 is 23.2 Å². The summed E-state index contributed by atoms with van der Waals surface area (Å²) >= 11 is 11.6. The van der Waals surface area contributed by atoms with Crippen molar-refractivity contribution >= 4 is 35.1 Å². The molecule has 0 aliphatic heterocycles. The molecule has 0 atom stereocenters. The number of nitrogens with zero attached hydrogens (tertiary/aromatic N) is 5. The summed E-state index contributed by atoms with van der Waals surface area (Å²) in [5.74, 6) is 0. The van der Waals surface area contributed by atoms with Gasteiger partial charge < -0.3 is 0 Å². The first-order valence-corrected chi connectivity index (χ1v) is 5.36. The van der Waals surface area contributed by atoms with Crippen molar-refractivity contribution in [1.82, 2.24) is 14.9 Å². The second-order valence-electron chi connectivity index (χ2n) is 3.17. The van der Waals surface area contributed by atoms with Crippen molar-refractivity contribution in [2.45, 2.75) is 0 Å². The van der Waals surface area contributed by atoms with Gasteiger partial charge in [0.25, 0.3) is 5.69 Å². The first kappa shape index (κ1) is 12.5. The molecule has 0 saturated heterocycles. The first-order valence-electron chi connectivity index (χ1n) is 4.60. The van der Waals surface area contributed by atoms with Crippen LogP contribution < -0.4 is 0 Å². The maximum absolute atomic E-state index is 10.7. The smallest absolute Gasteiger partial charge is 0.258 e. The van der Waals surface area contributed by atoms with E-state index in [2.05, 4.69) is 15.3 Å². The predicted molar refractivity (Wildman–Crippen MR) is 66.1 cm³/mol. The van der Waals surface area contributed by atoms with E-state index < -0.39 is 4.92 Å². The van der Waals surface area contributed by atoms with Crippen molar-refractivity contribution in [3.05, 3.63) is 50.5 Å². The highest BCUT2D eigenvalue weighted by molar-refractivity contribution is 6.37. The number of rotatable bonds is 3. The van der Waals surface area contributed by atoms with E-state index in [1.165, 1.54) is 35.7 Å². The standard InChI is InChI=1S/C9H5Cl2N5O2/c10-7-2-8(11)9(16(17)18)1-6(7)3-14-15-4-12-13-5-15/h1-5H. The Labute approximate surface area is 111 Å². The van der Waals surface area contributed by atoms with Crippen LogP contribution in [0.5, 0.6) is 0 Å². The lowest BCUT2D eigenvalue weighted by Gasteiger charge is -2.00. The molecule has 0 amide bonds. The van der Waals surface area contributed by atoms with Crippen LogP contribution in [0.1, 0.15) is 5.56 Å². The second kappa shape index (κ2) is 5.11. The van der Waals surface area contributed by atoms with Gasteiger partial charge in [-0.3, -0.25) is 10.1 Å². The molecule has 1 aromatic carbocycles. The number of nitro groups is 1. The Morgan fingerprint density at radius 1 is 1.28 bits per heavy atom. The normalized spacial score (nSPS) is 11.0. The van der Waals surface area contributed by atoms with E-state index in [1.54, 1.807) is 0 Å². The number of aromatic nitrogens is 3. The van der Waals surface area contributed by atoms with Gasteiger partial charge in [-0.25, -0.2) is 4.68 Å². The summed E-state index contributed by atoms with van der Waals surface area (Å²) in [5.41, 5.74) is 0.146. The Kier molecular flexibility index (Phi) is 3.54. The Morgan fingerprint density at radius 3 is 2.56 bits per heavy atom. The molecule has 0 aliphatic carbocycles. The van der Waals surface area contributed by atoms with Gasteiger partial charge in [0.05, 0.1) is 16.2 Å². The van der Waals surface area contributed by atoms with Crippen molar-refractivity contribution in [2.24, 2.45) is 5.10 Å². The van der Waals surface area contributed by atoms with Gasteiger partial charge in [-0.15, -0.1) is 10.2 Å². The third-order valence-corrected chi connectivity index (χ3v) is 2.63. The van der Waals surface area contributed by atoms with Gasteiger partial charge in [0.15, 0.2) is 0 Å². The van der Waals surface area contributed by atoms with Crippen LogP contribution in [-0.2, 0) is 0 Å². The Morgan fingerprint density at radius 2 is 1.94 bits per heavy atom. The third kappa shape index (κ3) is 2.63. The molecule has 0 saturated carbocycles. The van der Waals surface area contributed by atoms with E-state index in [4.69, 9.17) is 23.2 Å². The van der Waals surface area contributed by atoms with E-state index in [-0.39, 0.29) is 15.7 Å². The highest BCUT2D eigenvalue weighted by Crippen LogP contribution is 2.29. The molecule has 1 heterocycles. The van der Waals surface area contributed by atoms with Gasteiger partial charge in [-0.2, -0.15) is 5.10 Å². The Hall–Kier alpha value is -1.99. The van der Waals surface area contributed by atoms with Gasteiger partial charge in [-0.05, 0) is 6.07 Å².